The van der Waals surface area contributed by atoms with Crippen LogP contribution in [-0.2, 0) is 12.7 Å². The first-order valence-corrected chi connectivity index (χ1v) is 10.2. The second kappa shape index (κ2) is 8.63. The molecular weight excluding hydrogens is 403 g/mol. The summed E-state index contributed by atoms with van der Waals surface area (Å²) in [5.74, 6) is 0.541. The Morgan fingerprint density at radius 3 is 2.68 bits per heavy atom. The van der Waals surface area contributed by atoms with Crippen LogP contribution in [-0.4, -0.2) is 40.5 Å². The SMILES string of the molecule is CN(C)c1ncc(-c2cccc(C(F)(F)F)c2)c([C@H]2CCCN2Cc2cccnc2)n1. The van der Waals surface area contributed by atoms with Gasteiger partial charge in [-0.25, -0.2) is 9.97 Å². The second-order valence-electron chi connectivity index (χ2n) is 7.93. The second-order valence-corrected chi connectivity index (χ2v) is 7.93. The van der Waals surface area contributed by atoms with E-state index in [1.165, 1.54) is 12.1 Å². The smallest absolute Gasteiger partial charge is 0.347 e. The lowest BCUT2D eigenvalue weighted by Gasteiger charge is -2.26. The Kier molecular flexibility index (Phi) is 5.91. The van der Waals surface area contributed by atoms with Gasteiger partial charge in [0.1, 0.15) is 0 Å². The highest BCUT2D eigenvalue weighted by molar-refractivity contribution is 5.67. The summed E-state index contributed by atoms with van der Waals surface area (Å²) in [6, 6.07) is 9.31. The van der Waals surface area contributed by atoms with E-state index < -0.39 is 11.7 Å². The van der Waals surface area contributed by atoms with Crippen molar-refractivity contribution in [1.29, 1.82) is 0 Å². The fourth-order valence-corrected chi connectivity index (χ4v) is 3.99. The van der Waals surface area contributed by atoms with E-state index in [1.807, 2.05) is 32.4 Å². The summed E-state index contributed by atoms with van der Waals surface area (Å²) >= 11 is 0. The molecule has 1 saturated heterocycles. The minimum Gasteiger partial charge on any atom is -0.347 e. The Bertz CT molecular complexity index is 1040. The summed E-state index contributed by atoms with van der Waals surface area (Å²) in [4.78, 5) is 17.5. The van der Waals surface area contributed by atoms with Crippen LogP contribution in [0, 0.1) is 0 Å². The molecule has 1 aromatic carbocycles. The van der Waals surface area contributed by atoms with Crippen molar-refractivity contribution in [2.24, 2.45) is 0 Å². The number of hydrogen-bond acceptors (Lipinski definition) is 5. The summed E-state index contributed by atoms with van der Waals surface area (Å²) in [6.07, 6.45) is 2.71. The van der Waals surface area contributed by atoms with E-state index in [0.29, 0.717) is 23.6 Å². The lowest BCUT2D eigenvalue weighted by atomic mass is 9.98. The molecular formula is C23H24F3N5. The van der Waals surface area contributed by atoms with E-state index >= 15 is 0 Å². The van der Waals surface area contributed by atoms with Gasteiger partial charge in [-0.1, -0.05) is 18.2 Å². The van der Waals surface area contributed by atoms with Crippen molar-refractivity contribution < 1.29 is 13.2 Å². The molecule has 1 fully saturated rings. The predicted octanol–water partition coefficient (Wildman–Crippen LogP) is 4.96. The molecule has 162 valence electrons. The van der Waals surface area contributed by atoms with Crippen LogP contribution in [0.25, 0.3) is 11.1 Å². The number of likely N-dealkylation sites (tertiary alicyclic amines) is 1. The highest BCUT2D eigenvalue weighted by Crippen LogP contribution is 2.39. The first-order valence-electron chi connectivity index (χ1n) is 10.2. The molecule has 2 aromatic heterocycles. The number of rotatable bonds is 5. The van der Waals surface area contributed by atoms with E-state index in [9.17, 15) is 13.2 Å². The van der Waals surface area contributed by atoms with Gasteiger partial charge in [0, 0.05) is 44.8 Å². The van der Waals surface area contributed by atoms with Gasteiger partial charge in [-0.15, -0.1) is 0 Å². The maximum absolute atomic E-state index is 13.3. The molecule has 0 N–H and O–H groups in total. The third kappa shape index (κ3) is 4.69. The van der Waals surface area contributed by atoms with Crippen molar-refractivity contribution >= 4 is 5.95 Å². The zero-order chi connectivity index (χ0) is 22.0. The summed E-state index contributed by atoms with van der Waals surface area (Å²) in [5.41, 5.74) is 2.30. The van der Waals surface area contributed by atoms with Crippen LogP contribution in [0.5, 0.6) is 0 Å². The highest BCUT2D eigenvalue weighted by atomic mass is 19.4. The number of alkyl halides is 3. The number of halogens is 3. The molecule has 31 heavy (non-hydrogen) atoms. The van der Waals surface area contributed by atoms with Gasteiger partial charge >= 0.3 is 6.18 Å². The number of aromatic nitrogens is 3. The Balaban J connectivity index is 1.76. The van der Waals surface area contributed by atoms with Crippen LogP contribution >= 0.6 is 0 Å². The van der Waals surface area contributed by atoms with Crippen LogP contribution < -0.4 is 4.90 Å². The Hall–Kier alpha value is -3.00. The first-order chi connectivity index (χ1) is 14.8. The number of hydrogen-bond donors (Lipinski definition) is 0. The Morgan fingerprint density at radius 1 is 1.13 bits per heavy atom. The van der Waals surface area contributed by atoms with Gasteiger partial charge in [-0.2, -0.15) is 13.2 Å². The molecule has 4 rings (SSSR count). The molecule has 0 bridgehead atoms. The highest BCUT2D eigenvalue weighted by Gasteiger charge is 2.33. The average Bonchev–Trinajstić information content (AvgIpc) is 3.21. The molecule has 3 aromatic rings. The molecule has 0 radical (unpaired) electrons. The van der Waals surface area contributed by atoms with Crippen LogP contribution in [0.3, 0.4) is 0 Å². The quantitative estimate of drug-likeness (QED) is 0.576. The van der Waals surface area contributed by atoms with Crippen molar-refractivity contribution in [3.05, 3.63) is 71.8 Å². The maximum Gasteiger partial charge on any atom is 0.416 e. The molecule has 5 nitrogen and oxygen atoms in total. The lowest BCUT2D eigenvalue weighted by Crippen LogP contribution is -2.25. The molecule has 0 saturated carbocycles. The molecule has 1 atom stereocenters. The van der Waals surface area contributed by atoms with Gasteiger partial charge in [0.25, 0.3) is 0 Å². The van der Waals surface area contributed by atoms with Gasteiger partial charge in [0.15, 0.2) is 0 Å². The van der Waals surface area contributed by atoms with Gasteiger partial charge < -0.3 is 4.90 Å². The molecule has 8 heteroatoms. The predicted molar refractivity (Wildman–Crippen MR) is 113 cm³/mol. The molecule has 1 aliphatic heterocycles. The third-order valence-electron chi connectivity index (χ3n) is 5.49. The van der Waals surface area contributed by atoms with Gasteiger partial charge in [0.2, 0.25) is 5.95 Å². The summed E-state index contributed by atoms with van der Waals surface area (Å²) in [7, 11) is 3.70. The van der Waals surface area contributed by atoms with Crippen molar-refractivity contribution in [3.8, 4) is 11.1 Å². The molecule has 0 amide bonds. The fourth-order valence-electron chi connectivity index (χ4n) is 3.99. The molecule has 1 aliphatic rings. The number of nitrogens with zero attached hydrogens (tertiary/aromatic N) is 5. The monoisotopic (exact) mass is 427 g/mol. The van der Waals surface area contributed by atoms with E-state index in [1.54, 1.807) is 23.4 Å². The number of benzene rings is 1. The minimum atomic E-state index is -4.40. The summed E-state index contributed by atoms with van der Waals surface area (Å²) in [6.45, 7) is 1.60. The zero-order valence-corrected chi connectivity index (χ0v) is 17.5. The number of pyridine rings is 1. The lowest BCUT2D eigenvalue weighted by molar-refractivity contribution is -0.137. The minimum absolute atomic E-state index is 0.00792. The fraction of sp³-hybridized carbons (Fsp3) is 0.348. The van der Waals surface area contributed by atoms with Crippen LogP contribution in [0.1, 0.15) is 35.7 Å². The van der Waals surface area contributed by atoms with Crippen LogP contribution in [0.2, 0.25) is 0 Å². The number of anilines is 1. The average molecular weight is 427 g/mol. The summed E-state index contributed by atoms with van der Waals surface area (Å²) < 4.78 is 39.9. The van der Waals surface area contributed by atoms with E-state index in [0.717, 1.165) is 36.7 Å². The first kappa shape index (κ1) is 21.2. The van der Waals surface area contributed by atoms with Crippen LogP contribution in [0.4, 0.5) is 19.1 Å². The molecule has 0 aliphatic carbocycles. The topological polar surface area (TPSA) is 45.2 Å². The normalized spacial score (nSPS) is 17.1. The van der Waals surface area contributed by atoms with Gasteiger partial charge in [-0.05, 0) is 48.7 Å². The molecule has 0 unspecified atom stereocenters. The standard InChI is InChI=1S/C23H24F3N5/c1-30(2)22-28-14-19(17-7-3-8-18(12-17)23(24,25)26)21(29-22)20-9-5-11-31(20)15-16-6-4-10-27-13-16/h3-4,6-8,10,12-14,20H,5,9,11,15H2,1-2H3/t20-/m1/s1. The van der Waals surface area contributed by atoms with E-state index in [4.69, 9.17) is 4.98 Å². The van der Waals surface area contributed by atoms with Crippen molar-refractivity contribution in [2.45, 2.75) is 31.6 Å². The van der Waals surface area contributed by atoms with Gasteiger partial charge in [0.05, 0.1) is 17.3 Å². The zero-order valence-electron chi connectivity index (χ0n) is 17.5. The third-order valence-corrected chi connectivity index (χ3v) is 5.49. The van der Waals surface area contributed by atoms with E-state index in [2.05, 4.69) is 14.9 Å². The molecule has 0 spiro atoms. The Morgan fingerprint density at radius 2 is 1.97 bits per heavy atom. The van der Waals surface area contributed by atoms with Crippen LogP contribution in [0.15, 0.2) is 55.0 Å². The van der Waals surface area contributed by atoms with E-state index in [-0.39, 0.29) is 6.04 Å². The van der Waals surface area contributed by atoms with Crippen molar-refractivity contribution in [1.82, 2.24) is 19.9 Å². The maximum atomic E-state index is 13.3. The van der Waals surface area contributed by atoms with Crippen molar-refractivity contribution in [2.75, 3.05) is 25.5 Å². The van der Waals surface area contributed by atoms with Gasteiger partial charge in [-0.3, -0.25) is 9.88 Å². The summed E-state index contributed by atoms with van der Waals surface area (Å²) in [5, 5.41) is 0. The Labute approximate surface area is 179 Å². The van der Waals surface area contributed by atoms with Crippen molar-refractivity contribution in [3.63, 3.8) is 0 Å². The molecule has 3 heterocycles. The largest absolute Gasteiger partial charge is 0.416 e.